The normalized spacial score (nSPS) is 14.0. The van der Waals surface area contributed by atoms with Crippen LogP contribution in [0.5, 0.6) is 11.5 Å². The third-order valence-electron chi connectivity index (χ3n) is 4.62. The number of benzene rings is 1. The minimum absolute atomic E-state index is 0.390. The lowest BCUT2D eigenvalue weighted by Gasteiger charge is -2.32. The van der Waals surface area contributed by atoms with E-state index in [0.717, 1.165) is 49.9 Å². The van der Waals surface area contributed by atoms with E-state index in [1.165, 1.54) is 18.4 Å². The Hall–Kier alpha value is -2.44. The number of ether oxygens (including phenoxy) is 2. The molecule has 1 aromatic rings. The summed E-state index contributed by atoms with van der Waals surface area (Å²) in [5.41, 5.74) is 2.30. The Morgan fingerprint density at radius 1 is 1.23 bits per heavy atom. The number of hydrogen-bond donors (Lipinski definition) is 1. The molecule has 0 saturated carbocycles. The van der Waals surface area contributed by atoms with Gasteiger partial charge < -0.3 is 19.7 Å². The fraction of sp³-hybridized carbons (Fsp3) is 0.579. The van der Waals surface area contributed by atoms with Gasteiger partial charge in [-0.1, -0.05) is 26.2 Å². The molecule has 0 saturated heterocycles. The van der Waals surface area contributed by atoms with Gasteiger partial charge in [0.25, 0.3) is 6.20 Å². The van der Waals surface area contributed by atoms with Crippen molar-refractivity contribution in [3.8, 4) is 11.5 Å². The molecule has 0 amide bonds. The molecular formula is C19H29N3O4. The first-order valence-corrected chi connectivity index (χ1v) is 9.17. The summed E-state index contributed by atoms with van der Waals surface area (Å²) < 4.78 is 10.7. The van der Waals surface area contributed by atoms with Gasteiger partial charge >= 0.3 is 0 Å². The zero-order chi connectivity index (χ0) is 18.9. The number of nitro groups is 1. The van der Waals surface area contributed by atoms with Crippen LogP contribution in [-0.4, -0.2) is 37.1 Å². The molecule has 0 fully saturated rings. The lowest BCUT2D eigenvalue weighted by Crippen LogP contribution is -2.37. The van der Waals surface area contributed by atoms with Gasteiger partial charge in [-0.15, -0.1) is 0 Å². The van der Waals surface area contributed by atoms with E-state index in [1.807, 2.05) is 17.0 Å². The Morgan fingerprint density at radius 2 is 1.92 bits per heavy atom. The molecule has 1 heterocycles. The van der Waals surface area contributed by atoms with E-state index < -0.39 is 4.92 Å². The number of nitrogens with one attached hydrogen (secondary N) is 1. The van der Waals surface area contributed by atoms with E-state index in [4.69, 9.17) is 9.47 Å². The highest BCUT2D eigenvalue weighted by atomic mass is 16.6. The highest BCUT2D eigenvalue weighted by Crippen LogP contribution is 2.33. The maximum absolute atomic E-state index is 11.0. The summed E-state index contributed by atoms with van der Waals surface area (Å²) in [6, 6.07) is 3.96. The Morgan fingerprint density at radius 3 is 2.54 bits per heavy atom. The van der Waals surface area contributed by atoms with Crippen LogP contribution in [-0.2, 0) is 13.0 Å². The fourth-order valence-electron chi connectivity index (χ4n) is 3.20. The first-order valence-electron chi connectivity index (χ1n) is 9.17. The molecule has 144 valence electrons. The van der Waals surface area contributed by atoms with Crippen molar-refractivity contribution in [3.05, 3.63) is 45.4 Å². The van der Waals surface area contributed by atoms with Crippen LogP contribution in [0.3, 0.4) is 0 Å². The van der Waals surface area contributed by atoms with Crippen LogP contribution in [0.15, 0.2) is 24.2 Å². The van der Waals surface area contributed by atoms with Crippen LogP contribution < -0.4 is 14.8 Å². The lowest BCUT2D eigenvalue weighted by atomic mass is 9.99. The van der Waals surface area contributed by atoms with Gasteiger partial charge in [0, 0.05) is 19.6 Å². The summed E-state index contributed by atoms with van der Waals surface area (Å²) in [6.07, 6.45) is 6.39. The van der Waals surface area contributed by atoms with Gasteiger partial charge in [-0.25, -0.2) is 0 Å². The molecule has 7 heteroatoms. The van der Waals surface area contributed by atoms with Crippen molar-refractivity contribution >= 4 is 0 Å². The van der Waals surface area contributed by atoms with Crippen molar-refractivity contribution in [1.82, 2.24) is 10.2 Å². The summed E-state index contributed by atoms with van der Waals surface area (Å²) in [6.45, 7) is 4.25. The van der Waals surface area contributed by atoms with Crippen LogP contribution in [0.25, 0.3) is 0 Å². The monoisotopic (exact) mass is 363 g/mol. The highest BCUT2D eigenvalue weighted by Gasteiger charge is 2.22. The highest BCUT2D eigenvalue weighted by molar-refractivity contribution is 5.48. The van der Waals surface area contributed by atoms with Crippen molar-refractivity contribution < 1.29 is 14.4 Å². The summed E-state index contributed by atoms with van der Waals surface area (Å²) in [7, 11) is 3.24. The van der Waals surface area contributed by atoms with E-state index >= 15 is 0 Å². The van der Waals surface area contributed by atoms with Crippen molar-refractivity contribution in [2.75, 3.05) is 27.3 Å². The molecule has 26 heavy (non-hydrogen) atoms. The van der Waals surface area contributed by atoms with Crippen LogP contribution in [0, 0.1) is 10.1 Å². The molecule has 0 atom stereocenters. The van der Waals surface area contributed by atoms with E-state index in [1.54, 1.807) is 14.2 Å². The molecule has 1 aliphatic heterocycles. The second-order valence-electron chi connectivity index (χ2n) is 6.43. The van der Waals surface area contributed by atoms with E-state index in [2.05, 4.69) is 12.2 Å². The molecule has 0 unspecified atom stereocenters. The first-order chi connectivity index (χ1) is 12.6. The molecule has 2 rings (SSSR count). The van der Waals surface area contributed by atoms with Gasteiger partial charge in [-0.2, -0.15) is 0 Å². The topological polar surface area (TPSA) is 76.9 Å². The Kier molecular flexibility index (Phi) is 7.56. The van der Waals surface area contributed by atoms with Crippen molar-refractivity contribution in [1.29, 1.82) is 0 Å². The number of unbranched alkanes of at least 4 members (excludes halogenated alkanes) is 3. The third-order valence-corrected chi connectivity index (χ3v) is 4.62. The predicted octanol–water partition coefficient (Wildman–Crippen LogP) is 3.31. The molecule has 0 aromatic heterocycles. The van der Waals surface area contributed by atoms with Crippen LogP contribution >= 0.6 is 0 Å². The molecule has 1 aliphatic rings. The van der Waals surface area contributed by atoms with Crippen LogP contribution in [0.2, 0.25) is 0 Å². The number of methoxy groups -OCH3 is 2. The number of rotatable bonds is 10. The quantitative estimate of drug-likeness (QED) is 0.390. The molecule has 0 radical (unpaired) electrons. The zero-order valence-corrected chi connectivity index (χ0v) is 15.9. The Balaban J connectivity index is 2.10. The molecule has 0 bridgehead atoms. The lowest BCUT2D eigenvalue weighted by molar-refractivity contribution is -0.404. The van der Waals surface area contributed by atoms with Gasteiger partial charge in [0.1, 0.15) is 0 Å². The molecular weight excluding hydrogens is 334 g/mol. The van der Waals surface area contributed by atoms with Crippen LogP contribution in [0.4, 0.5) is 0 Å². The van der Waals surface area contributed by atoms with Crippen molar-refractivity contribution in [2.45, 2.75) is 45.6 Å². The third kappa shape index (κ3) is 5.28. The Bertz CT molecular complexity index is 646. The predicted molar refractivity (Wildman–Crippen MR) is 101 cm³/mol. The summed E-state index contributed by atoms with van der Waals surface area (Å²) >= 11 is 0. The molecule has 1 aromatic carbocycles. The van der Waals surface area contributed by atoms with Gasteiger partial charge in [-0.05, 0) is 36.1 Å². The van der Waals surface area contributed by atoms with Gasteiger partial charge in [0.05, 0.1) is 19.1 Å². The average Bonchev–Trinajstić information content (AvgIpc) is 2.65. The standard InChI is InChI=1S/C19H29N3O4/c1-4-5-6-7-9-20-19(14-22(23)24)21-10-8-15-11-17(25-2)18(26-3)12-16(15)13-21/h11-12,14,20H,4-10,13H2,1-3H3/b19-14-. The Labute approximate surface area is 155 Å². The first kappa shape index (κ1) is 19.9. The SMILES string of the molecule is CCCCCCN/C(=C/[N+](=O)[O-])N1CCc2cc(OC)c(OC)cc2C1. The maximum atomic E-state index is 11.0. The average molecular weight is 363 g/mol. The minimum Gasteiger partial charge on any atom is -0.493 e. The maximum Gasteiger partial charge on any atom is 0.274 e. The van der Waals surface area contributed by atoms with Gasteiger partial charge in [0.2, 0.25) is 0 Å². The number of hydrogen-bond acceptors (Lipinski definition) is 6. The second kappa shape index (κ2) is 9.89. The second-order valence-corrected chi connectivity index (χ2v) is 6.43. The van der Waals surface area contributed by atoms with E-state index in [-0.39, 0.29) is 0 Å². The summed E-state index contributed by atoms with van der Waals surface area (Å²) in [5, 5.41) is 14.3. The molecule has 1 N–H and O–H groups in total. The van der Waals surface area contributed by atoms with Crippen molar-refractivity contribution in [2.24, 2.45) is 0 Å². The minimum atomic E-state index is -0.390. The van der Waals surface area contributed by atoms with Gasteiger partial charge in [-0.3, -0.25) is 10.1 Å². The van der Waals surface area contributed by atoms with Gasteiger partial charge in [0.15, 0.2) is 17.3 Å². The van der Waals surface area contributed by atoms with E-state index in [9.17, 15) is 10.1 Å². The van der Waals surface area contributed by atoms with Crippen molar-refractivity contribution in [3.63, 3.8) is 0 Å². The fourth-order valence-corrected chi connectivity index (χ4v) is 3.20. The summed E-state index contributed by atoms with van der Waals surface area (Å²) in [4.78, 5) is 12.7. The molecule has 0 spiro atoms. The molecule has 0 aliphatic carbocycles. The smallest absolute Gasteiger partial charge is 0.274 e. The number of fused-ring (bicyclic) bond motifs is 1. The number of nitrogens with zero attached hydrogens (tertiary/aromatic N) is 2. The van der Waals surface area contributed by atoms with E-state index in [0.29, 0.717) is 18.1 Å². The van der Waals surface area contributed by atoms with Crippen LogP contribution in [0.1, 0.15) is 43.7 Å². The summed E-state index contributed by atoms with van der Waals surface area (Å²) in [5.74, 6) is 1.97. The largest absolute Gasteiger partial charge is 0.493 e. The zero-order valence-electron chi connectivity index (χ0n) is 15.9. The molecule has 7 nitrogen and oxygen atoms in total.